The SMILES string of the molecule is CS(=O)(=O)CCCOc1cc(F)c(Br)c(C(F)(F)F)c1.CS(=O)(=O)CCCOc1cc(F)cc(C(F)(F)F)c1. The van der Waals surface area contributed by atoms with Gasteiger partial charge in [-0.15, -0.1) is 0 Å². The Kier molecular flexibility index (Phi) is 12.5. The number of alkyl halides is 6. The highest BCUT2D eigenvalue weighted by atomic mass is 79.9. The number of hydrogen-bond acceptors (Lipinski definition) is 6. The van der Waals surface area contributed by atoms with Gasteiger partial charge in [0.25, 0.3) is 0 Å². The second-order valence-corrected chi connectivity index (χ2v) is 13.4. The third-order valence-corrected chi connectivity index (χ3v) is 7.23. The van der Waals surface area contributed by atoms with Gasteiger partial charge in [-0.25, -0.2) is 25.6 Å². The first-order valence-corrected chi connectivity index (χ1v) is 15.5. The van der Waals surface area contributed by atoms with Crippen LogP contribution in [0.1, 0.15) is 24.0 Å². The molecule has 0 spiro atoms. The molecule has 0 radical (unpaired) electrons. The van der Waals surface area contributed by atoms with Crippen molar-refractivity contribution in [2.24, 2.45) is 0 Å². The van der Waals surface area contributed by atoms with Gasteiger partial charge < -0.3 is 9.47 Å². The number of benzene rings is 2. The maximum Gasteiger partial charge on any atom is 0.417 e. The van der Waals surface area contributed by atoms with E-state index in [1.54, 1.807) is 0 Å². The molecule has 17 heteroatoms. The topological polar surface area (TPSA) is 86.7 Å². The van der Waals surface area contributed by atoms with E-state index in [2.05, 4.69) is 15.9 Å². The fraction of sp³-hybridized carbons (Fsp3) is 0.455. The van der Waals surface area contributed by atoms with Gasteiger partial charge in [-0.2, -0.15) is 26.3 Å². The lowest BCUT2D eigenvalue weighted by Gasteiger charge is -2.13. The first-order valence-electron chi connectivity index (χ1n) is 10.6. The van der Waals surface area contributed by atoms with Crippen molar-refractivity contribution < 1.29 is 61.4 Å². The zero-order valence-electron chi connectivity index (χ0n) is 20.3. The molecular weight excluding hydrogens is 656 g/mol. The molecule has 0 fully saturated rings. The molecule has 0 bridgehead atoms. The van der Waals surface area contributed by atoms with Crippen molar-refractivity contribution in [1.82, 2.24) is 0 Å². The van der Waals surface area contributed by atoms with Gasteiger partial charge in [0, 0.05) is 24.6 Å². The molecule has 0 aliphatic heterocycles. The van der Waals surface area contributed by atoms with Crippen molar-refractivity contribution in [3.05, 3.63) is 57.6 Å². The third kappa shape index (κ3) is 14.2. The van der Waals surface area contributed by atoms with Crippen LogP contribution in [0.3, 0.4) is 0 Å². The van der Waals surface area contributed by atoms with Gasteiger partial charge in [0.1, 0.15) is 42.8 Å². The molecule has 222 valence electrons. The molecule has 0 heterocycles. The summed E-state index contributed by atoms with van der Waals surface area (Å²) in [5.74, 6) is -3.04. The van der Waals surface area contributed by atoms with E-state index in [-0.39, 0.29) is 49.1 Å². The van der Waals surface area contributed by atoms with Gasteiger partial charge in [-0.05, 0) is 47.0 Å². The third-order valence-electron chi connectivity index (χ3n) is 4.36. The molecule has 0 saturated carbocycles. The molecule has 39 heavy (non-hydrogen) atoms. The molecule has 2 rings (SSSR count). The van der Waals surface area contributed by atoms with Gasteiger partial charge in [-0.1, -0.05) is 0 Å². The lowest BCUT2D eigenvalue weighted by molar-refractivity contribution is -0.139. The van der Waals surface area contributed by atoms with Crippen molar-refractivity contribution in [2.45, 2.75) is 25.2 Å². The number of rotatable bonds is 10. The van der Waals surface area contributed by atoms with Crippen LogP contribution >= 0.6 is 15.9 Å². The van der Waals surface area contributed by atoms with Crippen LogP contribution in [-0.4, -0.2) is 54.1 Å². The minimum absolute atomic E-state index is 0.103. The van der Waals surface area contributed by atoms with Gasteiger partial charge in [0.2, 0.25) is 0 Å². The molecule has 0 saturated heterocycles. The molecule has 0 atom stereocenters. The first-order chi connectivity index (χ1) is 17.6. The Morgan fingerprint density at radius 3 is 1.59 bits per heavy atom. The minimum Gasteiger partial charge on any atom is -0.493 e. The zero-order valence-corrected chi connectivity index (χ0v) is 23.5. The molecule has 0 aromatic heterocycles. The summed E-state index contributed by atoms with van der Waals surface area (Å²) in [4.78, 5) is 0. The summed E-state index contributed by atoms with van der Waals surface area (Å²) >= 11 is 2.53. The average Bonchev–Trinajstić information content (AvgIpc) is 2.74. The Hall–Kier alpha value is -2.14. The fourth-order valence-electron chi connectivity index (χ4n) is 2.69. The van der Waals surface area contributed by atoms with Gasteiger partial charge in [-0.3, -0.25) is 0 Å². The molecule has 2 aromatic rings. The summed E-state index contributed by atoms with van der Waals surface area (Å²) in [6.45, 7) is -0.223. The van der Waals surface area contributed by atoms with Crippen LogP contribution in [-0.2, 0) is 32.0 Å². The average molecular weight is 679 g/mol. The minimum atomic E-state index is -4.72. The Bertz CT molecular complexity index is 1330. The van der Waals surface area contributed by atoms with E-state index in [4.69, 9.17) is 9.47 Å². The quantitative estimate of drug-likeness (QED) is 0.224. The smallest absolute Gasteiger partial charge is 0.417 e. The Morgan fingerprint density at radius 1 is 0.718 bits per heavy atom. The van der Waals surface area contributed by atoms with Gasteiger partial charge in [0.05, 0.1) is 40.3 Å². The normalized spacial score (nSPS) is 12.5. The van der Waals surface area contributed by atoms with Crippen LogP contribution in [0.15, 0.2) is 34.8 Å². The maximum absolute atomic E-state index is 13.3. The van der Waals surface area contributed by atoms with Crippen molar-refractivity contribution >= 4 is 35.6 Å². The lowest BCUT2D eigenvalue weighted by Crippen LogP contribution is -2.10. The first kappa shape index (κ1) is 34.9. The van der Waals surface area contributed by atoms with Crippen LogP contribution in [0.4, 0.5) is 35.1 Å². The highest BCUT2D eigenvalue weighted by Gasteiger charge is 2.35. The van der Waals surface area contributed by atoms with Crippen LogP contribution < -0.4 is 9.47 Å². The number of hydrogen-bond donors (Lipinski definition) is 0. The highest BCUT2D eigenvalue weighted by molar-refractivity contribution is 9.10. The lowest BCUT2D eigenvalue weighted by atomic mass is 10.2. The summed E-state index contributed by atoms with van der Waals surface area (Å²) < 4.78 is 154. The number of sulfone groups is 2. The number of ether oxygens (including phenoxy) is 2. The van der Waals surface area contributed by atoms with Crippen LogP contribution in [0, 0.1) is 11.6 Å². The molecule has 2 aromatic carbocycles. The predicted octanol–water partition coefficient (Wildman–Crippen LogP) is 6.08. The molecule has 0 amide bonds. The van der Waals surface area contributed by atoms with Crippen molar-refractivity contribution in [3.8, 4) is 11.5 Å². The summed E-state index contributed by atoms with van der Waals surface area (Å²) in [6, 6.07) is 3.32. The van der Waals surface area contributed by atoms with Crippen molar-refractivity contribution in [1.29, 1.82) is 0 Å². The standard InChI is InChI=1S/C11H11BrF4O3S.C11H12F4O3S/c1-20(17,18)4-2-3-19-7-5-8(11(14,15)16)10(12)9(13)6-7;1-19(16,17)4-2-3-18-10-6-8(11(13,14)15)5-9(12)7-10/h5-6H,2-4H2,1H3;5-7H,2-4H2,1H3. The molecule has 0 aliphatic carbocycles. The van der Waals surface area contributed by atoms with Crippen molar-refractivity contribution in [3.63, 3.8) is 0 Å². The summed E-state index contributed by atoms with van der Waals surface area (Å²) in [5.41, 5.74) is -2.33. The largest absolute Gasteiger partial charge is 0.493 e. The second kappa shape index (κ2) is 14.0. The number of halogens is 9. The van der Waals surface area contributed by atoms with E-state index in [9.17, 15) is 52.0 Å². The van der Waals surface area contributed by atoms with E-state index in [1.165, 1.54) is 0 Å². The Balaban J connectivity index is 0.000000391. The van der Waals surface area contributed by atoms with E-state index < -0.39 is 59.3 Å². The predicted molar refractivity (Wildman–Crippen MR) is 130 cm³/mol. The van der Waals surface area contributed by atoms with E-state index >= 15 is 0 Å². The van der Waals surface area contributed by atoms with E-state index in [1.807, 2.05) is 0 Å². The van der Waals surface area contributed by atoms with E-state index in [0.29, 0.717) is 18.2 Å². The second-order valence-electron chi connectivity index (χ2n) is 8.10. The molecule has 0 unspecified atom stereocenters. The Morgan fingerprint density at radius 2 is 1.18 bits per heavy atom. The van der Waals surface area contributed by atoms with Crippen molar-refractivity contribution in [2.75, 3.05) is 37.2 Å². The maximum atomic E-state index is 13.3. The van der Waals surface area contributed by atoms with Crippen LogP contribution in [0.25, 0.3) is 0 Å². The monoisotopic (exact) mass is 678 g/mol. The Labute approximate surface area is 228 Å². The molecular formula is C22H23BrF8O6S2. The summed E-state index contributed by atoms with van der Waals surface area (Å²) in [5, 5.41) is 0. The van der Waals surface area contributed by atoms with Gasteiger partial charge in [0.15, 0.2) is 0 Å². The fourth-order valence-corrected chi connectivity index (χ4v) is 4.42. The molecule has 0 N–H and O–H groups in total. The van der Waals surface area contributed by atoms with Crippen LogP contribution in [0.5, 0.6) is 11.5 Å². The highest BCUT2D eigenvalue weighted by Crippen LogP contribution is 2.38. The van der Waals surface area contributed by atoms with E-state index in [0.717, 1.165) is 24.6 Å². The van der Waals surface area contributed by atoms with Crippen LogP contribution in [0.2, 0.25) is 0 Å². The van der Waals surface area contributed by atoms with Gasteiger partial charge >= 0.3 is 12.4 Å². The summed E-state index contributed by atoms with van der Waals surface area (Å²) in [7, 11) is -6.32. The summed E-state index contributed by atoms with van der Waals surface area (Å²) in [6.07, 6.45) is -7.07. The molecule has 6 nitrogen and oxygen atoms in total. The zero-order chi connectivity index (χ0) is 30.2. The molecule has 0 aliphatic rings.